The van der Waals surface area contributed by atoms with Crippen LogP contribution >= 0.6 is 12.4 Å². The number of hydrogen-bond acceptors (Lipinski definition) is 3. The molecule has 1 aromatic rings. The van der Waals surface area contributed by atoms with Gasteiger partial charge in [-0.05, 0) is 82.3 Å². The van der Waals surface area contributed by atoms with Crippen LogP contribution in [0.15, 0.2) is 18.2 Å². The highest BCUT2D eigenvalue weighted by Gasteiger charge is 2.22. The van der Waals surface area contributed by atoms with Crippen molar-refractivity contribution in [2.24, 2.45) is 11.8 Å². The molecule has 2 unspecified atom stereocenters. The molecule has 1 saturated heterocycles. The average Bonchev–Trinajstić information content (AvgIpc) is 2.54. The zero-order valence-corrected chi connectivity index (χ0v) is 17.0. The minimum atomic E-state index is -0.0798. The summed E-state index contributed by atoms with van der Waals surface area (Å²) in [4.78, 5) is 24.5. The van der Waals surface area contributed by atoms with Gasteiger partial charge in [0.15, 0.2) is 0 Å². The third-order valence-corrected chi connectivity index (χ3v) is 4.82. The van der Waals surface area contributed by atoms with E-state index in [4.69, 9.17) is 0 Å². The van der Waals surface area contributed by atoms with E-state index in [-0.39, 0.29) is 30.3 Å². The van der Waals surface area contributed by atoms with E-state index >= 15 is 0 Å². The van der Waals surface area contributed by atoms with E-state index in [0.29, 0.717) is 23.8 Å². The van der Waals surface area contributed by atoms with Crippen LogP contribution in [0.2, 0.25) is 0 Å². The zero-order chi connectivity index (χ0) is 18.4. The summed E-state index contributed by atoms with van der Waals surface area (Å²) >= 11 is 0. The summed E-state index contributed by atoms with van der Waals surface area (Å²) in [6, 6.07) is 5.53. The van der Waals surface area contributed by atoms with Gasteiger partial charge in [0.2, 0.25) is 5.91 Å². The molecule has 1 fully saturated rings. The van der Waals surface area contributed by atoms with E-state index in [1.165, 1.54) is 12.8 Å². The molecule has 0 bridgehead atoms. The van der Waals surface area contributed by atoms with Crippen LogP contribution in [-0.4, -0.2) is 30.9 Å². The monoisotopic (exact) mass is 381 g/mol. The van der Waals surface area contributed by atoms with Crippen molar-refractivity contribution >= 4 is 29.9 Å². The third-order valence-electron chi connectivity index (χ3n) is 4.82. The van der Waals surface area contributed by atoms with Crippen LogP contribution in [0.1, 0.15) is 56.0 Å². The van der Waals surface area contributed by atoms with Crippen molar-refractivity contribution in [2.75, 3.05) is 18.4 Å². The fourth-order valence-electron chi connectivity index (χ4n) is 3.37. The van der Waals surface area contributed by atoms with Gasteiger partial charge in [0, 0.05) is 23.7 Å². The van der Waals surface area contributed by atoms with Crippen LogP contribution in [-0.2, 0) is 4.79 Å². The lowest BCUT2D eigenvalue weighted by molar-refractivity contribution is -0.117. The molecule has 5 nitrogen and oxygen atoms in total. The van der Waals surface area contributed by atoms with Crippen molar-refractivity contribution < 1.29 is 9.59 Å². The number of rotatable bonds is 6. The number of halogens is 1. The largest absolute Gasteiger partial charge is 0.350 e. The van der Waals surface area contributed by atoms with Crippen LogP contribution in [0.5, 0.6) is 0 Å². The van der Waals surface area contributed by atoms with Crippen molar-refractivity contribution in [2.45, 2.75) is 53.0 Å². The van der Waals surface area contributed by atoms with Crippen LogP contribution in [0.4, 0.5) is 5.69 Å². The van der Waals surface area contributed by atoms with Crippen molar-refractivity contribution in [1.82, 2.24) is 10.6 Å². The van der Waals surface area contributed by atoms with Gasteiger partial charge < -0.3 is 16.0 Å². The topological polar surface area (TPSA) is 70.2 Å². The highest BCUT2D eigenvalue weighted by molar-refractivity contribution is 5.97. The maximum absolute atomic E-state index is 12.3. The highest BCUT2D eigenvalue weighted by atomic mass is 35.5. The molecular weight excluding hydrogens is 350 g/mol. The van der Waals surface area contributed by atoms with Crippen LogP contribution in [0.25, 0.3) is 0 Å². The normalized spacial score (nSPS) is 18.0. The third kappa shape index (κ3) is 6.61. The minimum absolute atomic E-state index is 0. The van der Waals surface area contributed by atoms with Crippen LogP contribution in [0, 0.1) is 18.8 Å². The maximum atomic E-state index is 12.3. The smallest absolute Gasteiger partial charge is 0.251 e. The van der Waals surface area contributed by atoms with Gasteiger partial charge in [-0.1, -0.05) is 6.92 Å². The van der Waals surface area contributed by atoms with Crippen LogP contribution < -0.4 is 16.0 Å². The van der Waals surface area contributed by atoms with Crippen molar-refractivity contribution in [3.05, 3.63) is 29.3 Å². The van der Waals surface area contributed by atoms with Crippen molar-refractivity contribution in [3.63, 3.8) is 0 Å². The van der Waals surface area contributed by atoms with E-state index in [1.54, 1.807) is 12.1 Å². The Labute approximate surface area is 163 Å². The summed E-state index contributed by atoms with van der Waals surface area (Å²) in [6.45, 7) is 10.0. The van der Waals surface area contributed by atoms with Gasteiger partial charge in [-0.3, -0.25) is 9.59 Å². The summed E-state index contributed by atoms with van der Waals surface area (Å²) < 4.78 is 0. The quantitative estimate of drug-likeness (QED) is 0.706. The Balaban J connectivity index is 0.00000338. The molecule has 0 aliphatic carbocycles. The number of amides is 2. The molecule has 2 rings (SSSR count). The van der Waals surface area contributed by atoms with E-state index in [2.05, 4.69) is 22.9 Å². The lowest BCUT2D eigenvalue weighted by Crippen LogP contribution is -2.34. The molecule has 1 heterocycles. The fraction of sp³-hybridized carbons (Fsp3) is 0.600. The van der Waals surface area contributed by atoms with Gasteiger partial charge in [-0.2, -0.15) is 0 Å². The first-order valence-corrected chi connectivity index (χ1v) is 9.29. The number of nitrogens with one attached hydrogen (secondary N) is 3. The summed E-state index contributed by atoms with van der Waals surface area (Å²) in [5.74, 6) is 0.897. The first kappa shape index (κ1) is 22.5. The number of carbonyl (C=O) groups is 2. The van der Waals surface area contributed by atoms with Gasteiger partial charge in [0.25, 0.3) is 5.91 Å². The molecule has 0 spiro atoms. The van der Waals surface area contributed by atoms with Crippen molar-refractivity contribution in [1.29, 1.82) is 0 Å². The standard InChI is InChI=1S/C20H31N3O2.ClH/c1-13(2)22-20(25)18-8-7-17(10-15(18)4)23-19(24)11-14(3)16-6-5-9-21-12-16;/h7-8,10,13-14,16,21H,5-6,9,11-12H2,1-4H3,(H,22,25)(H,23,24);1H. The minimum Gasteiger partial charge on any atom is -0.350 e. The number of benzene rings is 1. The van der Waals surface area contributed by atoms with Gasteiger partial charge in [0.1, 0.15) is 0 Å². The summed E-state index contributed by atoms with van der Waals surface area (Å²) in [7, 11) is 0. The zero-order valence-electron chi connectivity index (χ0n) is 16.2. The summed E-state index contributed by atoms with van der Waals surface area (Å²) in [5.41, 5.74) is 2.26. The average molecular weight is 382 g/mol. The number of hydrogen-bond donors (Lipinski definition) is 3. The molecule has 6 heteroatoms. The Morgan fingerprint density at radius 2 is 2.00 bits per heavy atom. The molecule has 146 valence electrons. The predicted octanol–water partition coefficient (Wildman–Crippen LogP) is 3.52. The maximum Gasteiger partial charge on any atom is 0.251 e. The van der Waals surface area contributed by atoms with Gasteiger partial charge in [-0.25, -0.2) is 0 Å². The molecule has 2 atom stereocenters. The lowest BCUT2D eigenvalue weighted by Gasteiger charge is -2.28. The van der Waals surface area contributed by atoms with Gasteiger partial charge in [-0.15, -0.1) is 12.4 Å². The molecule has 1 aliphatic rings. The van der Waals surface area contributed by atoms with E-state index in [9.17, 15) is 9.59 Å². The second-order valence-electron chi connectivity index (χ2n) is 7.49. The van der Waals surface area contributed by atoms with E-state index in [1.807, 2.05) is 26.8 Å². The Hall–Kier alpha value is -1.59. The molecule has 0 radical (unpaired) electrons. The number of carbonyl (C=O) groups excluding carboxylic acids is 2. The Morgan fingerprint density at radius 1 is 1.27 bits per heavy atom. The first-order chi connectivity index (χ1) is 11.9. The first-order valence-electron chi connectivity index (χ1n) is 9.29. The Morgan fingerprint density at radius 3 is 2.58 bits per heavy atom. The molecule has 2 amide bonds. The van der Waals surface area contributed by atoms with E-state index in [0.717, 1.165) is 24.3 Å². The molecule has 26 heavy (non-hydrogen) atoms. The summed E-state index contributed by atoms with van der Waals surface area (Å²) in [6.07, 6.45) is 2.91. The van der Waals surface area contributed by atoms with Gasteiger partial charge >= 0.3 is 0 Å². The molecule has 1 aliphatic heterocycles. The number of piperidine rings is 1. The van der Waals surface area contributed by atoms with Gasteiger partial charge in [0.05, 0.1) is 0 Å². The molecule has 3 N–H and O–H groups in total. The Kier molecular flexibility index (Phi) is 9.09. The van der Waals surface area contributed by atoms with Crippen molar-refractivity contribution in [3.8, 4) is 0 Å². The summed E-state index contributed by atoms with van der Waals surface area (Å²) in [5, 5.41) is 9.27. The molecule has 1 aromatic carbocycles. The molecule has 0 aromatic heterocycles. The highest BCUT2D eigenvalue weighted by Crippen LogP contribution is 2.23. The number of anilines is 1. The van der Waals surface area contributed by atoms with Crippen LogP contribution in [0.3, 0.4) is 0 Å². The lowest BCUT2D eigenvalue weighted by atomic mass is 9.85. The SMILES string of the molecule is Cc1cc(NC(=O)CC(C)C2CCCNC2)ccc1C(=O)NC(C)C.Cl. The van der Waals surface area contributed by atoms with E-state index < -0.39 is 0 Å². The molecule has 0 saturated carbocycles. The second kappa shape index (κ2) is 10.5. The molecular formula is C20H32ClN3O2. The number of aryl methyl sites for hydroxylation is 1. The second-order valence-corrected chi connectivity index (χ2v) is 7.49. The Bertz CT molecular complexity index is 613. The predicted molar refractivity (Wildman–Crippen MR) is 109 cm³/mol. The fourth-order valence-corrected chi connectivity index (χ4v) is 3.37.